The molecule has 1 heterocycles. The van der Waals surface area contributed by atoms with Crippen LogP contribution in [0.3, 0.4) is 0 Å². The first kappa shape index (κ1) is 20.0. The van der Waals surface area contributed by atoms with Crippen LogP contribution in [-0.2, 0) is 10.5 Å². The van der Waals surface area contributed by atoms with E-state index in [0.29, 0.717) is 30.0 Å². The van der Waals surface area contributed by atoms with Crippen LogP contribution in [0.25, 0.3) is 11.5 Å². The van der Waals surface area contributed by atoms with Gasteiger partial charge in [-0.3, -0.25) is 4.79 Å². The first-order chi connectivity index (χ1) is 13.3. The van der Waals surface area contributed by atoms with Gasteiger partial charge in [0.25, 0.3) is 0 Å². The molecule has 3 rings (SSSR count). The molecule has 1 aromatic heterocycles. The van der Waals surface area contributed by atoms with Gasteiger partial charge < -0.3 is 15.1 Å². The summed E-state index contributed by atoms with van der Waals surface area (Å²) < 4.78 is 5.52. The second-order valence-electron chi connectivity index (χ2n) is 7.00. The molecule has 2 aromatic rings. The number of nitrogens with zero attached hydrogens (tertiary/aromatic N) is 1. The highest BCUT2D eigenvalue weighted by atomic mass is 32.2. The lowest BCUT2D eigenvalue weighted by atomic mass is 10.1. The number of amides is 1. The van der Waals surface area contributed by atoms with Gasteiger partial charge >= 0.3 is 0 Å². The molecule has 1 saturated carbocycles. The molecule has 0 bridgehead atoms. The maximum Gasteiger partial charge on any atom is 0.230 e. The Balaban J connectivity index is 1.28. The largest absolute Gasteiger partial charge is 0.444 e. The molecular formula is C21H29N3O2S. The molecule has 0 aliphatic heterocycles. The third-order valence-corrected chi connectivity index (χ3v) is 5.76. The lowest BCUT2D eigenvalue weighted by Crippen LogP contribution is -2.37. The zero-order chi connectivity index (χ0) is 18.7. The fourth-order valence-corrected chi connectivity index (χ4v) is 4.08. The van der Waals surface area contributed by atoms with Gasteiger partial charge in [-0.05, 0) is 25.0 Å². The van der Waals surface area contributed by atoms with E-state index in [-0.39, 0.29) is 5.91 Å². The standard InChI is InChI=1S/C21H29N3O2S/c25-20(23-13-12-22-18-10-6-1-2-7-11-18)16-27-15-19-14-26-21(24-19)17-8-4-3-5-9-17/h3-5,8-9,14,18,22H,1-2,6-7,10-13,15-16H2,(H,23,25). The molecule has 1 aliphatic rings. The van der Waals surface area contributed by atoms with Crippen LogP contribution < -0.4 is 10.6 Å². The van der Waals surface area contributed by atoms with E-state index in [1.54, 1.807) is 18.0 Å². The van der Waals surface area contributed by atoms with E-state index in [1.165, 1.54) is 38.5 Å². The number of benzene rings is 1. The molecule has 1 aliphatic carbocycles. The van der Waals surface area contributed by atoms with Gasteiger partial charge in [0.2, 0.25) is 11.8 Å². The molecule has 0 spiro atoms. The predicted molar refractivity (Wildman–Crippen MR) is 111 cm³/mol. The van der Waals surface area contributed by atoms with Crippen LogP contribution in [0.1, 0.15) is 44.2 Å². The summed E-state index contributed by atoms with van der Waals surface area (Å²) in [5.41, 5.74) is 1.83. The van der Waals surface area contributed by atoms with Crippen molar-refractivity contribution in [3.8, 4) is 11.5 Å². The van der Waals surface area contributed by atoms with E-state index in [2.05, 4.69) is 15.6 Å². The quantitative estimate of drug-likeness (QED) is 0.503. The summed E-state index contributed by atoms with van der Waals surface area (Å²) in [6.45, 7) is 1.54. The number of carbonyl (C=O) groups excluding carboxylic acids is 1. The minimum absolute atomic E-state index is 0.0782. The van der Waals surface area contributed by atoms with Gasteiger partial charge in [-0.2, -0.15) is 0 Å². The van der Waals surface area contributed by atoms with Crippen molar-refractivity contribution in [2.75, 3.05) is 18.8 Å². The summed E-state index contributed by atoms with van der Waals surface area (Å²) in [7, 11) is 0. The van der Waals surface area contributed by atoms with Crippen LogP contribution in [0.2, 0.25) is 0 Å². The van der Waals surface area contributed by atoms with Crippen LogP contribution in [0, 0.1) is 0 Å². The number of aromatic nitrogens is 1. The molecule has 0 saturated heterocycles. The first-order valence-electron chi connectivity index (χ1n) is 9.89. The molecule has 1 aromatic carbocycles. The molecule has 2 N–H and O–H groups in total. The van der Waals surface area contributed by atoms with E-state index in [0.717, 1.165) is 17.8 Å². The maximum atomic E-state index is 12.0. The third-order valence-electron chi connectivity index (χ3n) is 4.79. The van der Waals surface area contributed by atoms with Gasteiger partial charge in [0.15, 0.2) is 0 Å². The Morgan fingerprint density at radius 3 is 2.67 bits per heavy atom. The van der Waals surface area contributed by atoms with Crippen molar-refractivity contribution in [3.05, 3.63) is 42.3 Å². The Bertz CT molecular complexity index is 682. The Labute approximate surface area is 165 Å². The second-order valence-corrected chi connectivity index (χ2v) is 7.98. The van der Waals surface area contributed by atoms with Gasteiger partial charge in [-0.1, -0.05) is 43.9 Å². The minimum Gasteiger partial charge on any atom is -0.444 e. The number of hydrogen-bond donors (Lipinski definition) is 2. The van der Waals surface area contributed by atoms with Crippen molar-refractivity contribution >= 4 is 17.7 Å². The van der Waals surface area contributed by atoms with E-state index >= 15 is 0 Å². The Morgan fingerprint density at radius 2 is 1.89 bits per heavy atom. The van der Waals surface area contributed by atoms with Crippen molar-refractivity contribution in [1.82, 2.24) is 15.6 Å². The van der Waals surface area contributed by atoms with Gasteiger partial charge in [-0.15, -0.1) is 11.8 Å². The Hall–Kier alpha value is -1.79. The van der Waals surface area contributed by atoms with Crippen molar-refractivity contribution < 1.29 is 9.21 Å². The number of hydrogen-bond acceptors (Lipinski definition) is 5. The lowest BCUT2D eigenvalue weighted by molar-refractivity contribution is -0.118. The molecule has 0 atom stereocenters. The summed E-state index contributed by atoms with van der Waals surface area (Å²) in [6, 6.07) is 10.5. The molecular weight excluding hydrogens is 358 g/mol. The van der Waals surface area contributed by atoms with Gasteiger partial charge in [0.05, 0.1) is 11.4 Å². The SMILES string of the molecule is O=C(CSCc1coc(-c2ccccc2)n1)NCCNC1CCCCCC1. The van der Waals surface area contributed by atoms with Crippen LogP contribution in [0.5, 0.6) is 0 Å². The second kappa shape index (κ2) is 11.1. The van der Waals surface area contributed by atoms with Crippen molar-refractivity contribution in [2.45, 2.75) is 50.3 Å². The zero-order valence-corrected chi connectivity index (χ0v) is 16.6. The molecule has 146 valence electrons. The molecule has 6 heteroatoms. The average Bonchev–Trinajstić information content (AvgIpc) is 3.01. The third kappa shape index (κ3) is 7.03. The predicted octanol–water partition coefficient (Wildman–Crippen LogP) is 4.00. The summed E-state index contributed by atoms with van der Waals surface area (Å²) in [5, 5.41) is 6.56. The van der Waals surface area contributed by atoms with Gasteiger partial charge in [-0.25, -0.2) is 4.98 Å². The molecule has 27 heavy (non-hydrogen) atoms. The fourth-order valence-electron chi connectivity index (χ4n) is 3.35. The van der Waals surface area contributed by atoms with Crippen LogP contribution in [-0.4, -0.2) is 35.8 Å². The summed E-state index contributed by atoms with van der Waals surface area (Å²) >= 11 is 1.56. The van der Waals surface area contributed by atoms with Crippen molar-refractivity contribution in [1.29, 1.82) is 0 Å². The summed E-state index contributed by atoms with van der Waals surface area (Å²) in [5.74, 6) is 1.82. The Morgan fingerprint density at radius 1 is 1.11 bits per heavy atom. The number of carbonyl (C=O) groups is 1. The maximum absolute atomic E-state index is 12.0. The van der Waals surface area contributed by atoms with E-state index in [1.807, 2.05) is 30.3 Å². The van der Waals surface area contributed by atoms with Crippen molar-refractivity contribution in [3.63, 3.8) is 0 Å². The normalized spacial score (nSPS) is 15.4. The van der Waals surface area contributed by atoms with Gasteiger partial charge in [0.1, 0.15) is 6.26 Å². The van der Waals surface area contributed by atoms with Crippen LogP contribution in [0.15, 0.2) is 41.0 Å². The van der Waals surface area contributed by atoms with Gasteiger partial charge in [0, 0.05) is 30.4 Å². The first-order valence-corrected chi connectivity index (χ1v) is 11.0. The van der Waals surface area contributed by atoms with Crippen LogP contribution in [0.4, 0.5) is 0 Å². The minimum atomic E-state index is 0.0782. The molecule has 5 nitrogen and oxygen atoms in total. The molecule has 0 radical (unpaired) electrons. The van der Waals surface area contributed by atoms with E-state index < -0.39 is 0 Å². The Kier molecular flexibility index (Phi) is 8.24. The van der Waals surface area contributed by atoms with E-state index in [9.17, 15) is 4.79 Å². The number of nitrogens with one attached hydrogen (secondary N) is 2. The van der Waals surface area contributed by atoms with E-state index in [4.69, 9.17) is 4.42 Å². The summed E-state index contributed by atoms with van der Waals surface area (Å²) in [6.07, 6.45) is 9.60. The summed E-state index contributed by atoms with van der Waals surface area (Å²) in [4.78, 5) is 16.4. The highest BCUT2D eigenvalue weighted by Crippen LogP contribution is 2.20. The molecule has 1 amide bonds. The topological polar surface area (TPSA) is 67.2 Å². The fraction of sp³-hybridized carbons (Fsp3) is 0.524. The zero-order valence-electron chi connectivity index (χ0n) is 15.8. The molecule has 0 unspecified atom stereocenters. The number of thioether (sulfide) groups is 1. The average molecular weight is 388 g/mol. The number of rotatable bonds is 9. The monoisotopic (exact) mass is 387 g/mol. The smallest absolute Gasteiger partial charge is 0.230 e. The number of oxazole rings is 1. The van der Waals surface area contributed by atoms with Crippen molar-refractivity contribution in [2.24, 2.45) is 0 Å². The molecule has 1 fully saturated rings. The lowest BCUT2D eigenvalue weighted by Gasteiger charge is -2.16. The van der Waals surface area contributed by atoms with Crippen LogP contribution >= 0.6 is 11.8 Å². The highest BCUT2D eigenvalue weighted by Gasteiger charge is 2.11. The highest BCUT2D eigenvalue weighted by molar-refractivity contribution is 7.99.